The molecule has 0 aromatic rings. The van der Waals surface area contributed by atoms with Gasteiger partial charge in [0, 0.05) is 18.2 Å². The molecule has 0 spiro atoms. The van der Waals surface area contributed by atoms with Gasteiger partial charge in [-0.1, -0.05) is 0 Å². The monoisotopic (exact) mass is 297 g/mol. The van der Waals surface area contributed by atoms with Crippen LogP contribution in [-0.4, -0.2) is 39.2 Å². The second-order valence-corrected chi connectivity index (χ2v) is 7.43. The molecular weight excluding hydrogens is 274 g/mol. The third kappa shape index (κ3) is 2.14. The van der Waals surface area contributed by atoms with Crippen LogP contribution in [0.4, 0.5) is 0 Å². The summed E-state index contributed by atoms with van der Waals surface area (Å²) in [6, 6.07) is -0.785. The normalized spacial score (nSPS) is 39.6. The van der Waals surface area contributed by atoms with Gasteiger partial charge in [-0.2, -0.15) is 12.6 Å². The van der Waals surface area contributed by atoms with Gasteiger partial charge in [-0.05, 0) is 56.3 Å². The van der Waals surface area contributed by atoms with Crippen molar-refractivity contribution in [2.75, 3.05) is 5.75 Å². The third-order valence-corrected chi connectivity index (χ3v) is 5.97. The van der Waals surface area contributed by atoms with E-state index in [1.54, 1.807) is 4.90 Å². The minimum atomic E-state index is -0.925. The zero-order chi connectivity index (χ0) is 14.5. The second kappa shape index (κ2) is 4.93. The minimum absolute atomic E-state index is 0.103. The zero-order valence-corrected chi connectivity index (χ0v) is 12.8. The van der Waals surface area contributed by atoms with Crippen molar-refractivity contribution in [3.63, 3.8) is 0 Å². The molecule has 20 heavy (non-hydrogen) atoms. The lowest BCUT2D eigenvalue weighted by Gasteiger charge is -2.61. The molecule has 4 nitrogen and oxygen atoms in total. The van der Waals surface area contributed by atoms with Gasteiger partial charge in [-0.3, -0.25) is 4.79 Å². The molecule has 1 unspecified atom stereocenters. The predicted octanol–water partition coefficient (Wildman–Crippen LogP) is 2.19. The van der Waals surface area contributed by atoms with Crippen LogP contribution in [0.15, 0.2) is 0 Å². The Balaban J connectivity index is 1.94. The number of thiol groups is 1. The number of carbonyl (C=O) groups is 2. The van der Waals surface area contributed by atoms with Crippen LogP contribution in [0.1, 0.15) is 45.4 Å². The van der Waals surface area contributed by atoms with E-state index in [1.165, 1.54) is 26.2 Å². The summed E-state index contributed by atoms with van der Waals surface area (Å²) in [5, 5.41) is 9.45. The molecule has 0 aliphatic heterocycles. The van der Waals surface area contributed by atoms with E-state index < -0.39 is 12.0 Å². The summed E-state index contributed by atoms with van der Waals surface area (Å²) in [5.74, 6) is 1.24. The van der Waals surface area contributed by atoms with Gasteiger partial charge in [0.15, 0.2) is 0 Å². The molecule has 1 N–H and O–H groups in total. The van der Waals surface area contributed by atoms with Crippen molar-refractivity contribution in [2.45, 2.75) is 57.0 Å². The van der Waals surface area contributed by atoms with Gasteiger partial charge in [0.1, 0.15) is 6.04 Å². The van der Waals surface area contributed by atoms with E-state index in [0.717, 1.165) is 19.3 Å². The van der Waals surface area contributed by atoms with Gasteiger partial charge < -0.3 is 10.0 Å². The molecule has 4 aliphatic rings. The van der Waals surface area contributed by atoms with Crippen LogP contribution in [-0.2, 0) is 9.59 Å². The molecule has 0 saturated heterocycles. The third-order valence-electron chi connectivity index (χ3n) is 5.63. The highest BCUT2D eigenvalue weighted by atomic mass is 32.1. The number of aliphatic carboxylic acids is 1. The zero-order valence-electron chi connectivity index (χ0n) is 11.9. The Bertz CT molecular complexity index is 402. The number of carboxylic acid groups (broad SMARTS) is 1. The second-order valence-electron chi connectivity index (χ2n) is 7.07. The highest BCUT2D eigenvalue weighted by molar-refractivity contribution is 7.80. The minimum Gasteiger partial charge on any atom is -0.480 e. The number of amides is 1. The summed E-state index contributed by atoms with van der Waals surface area (Å²) in [5.41, 5.74) is -0.202. The molecule has 1 atom stereocenters. The molecule has 4 saturated carbocycles. The highest BCUT2D eigenvalue weighted by Gasteiger charge is 2.56. The Labute approximate surface area is 125 Å². The Morgan fingerprint density at radius 2 is 1.65 bits per heavy atom. The van der Waals surface area contributed by atoms with Gasteiger partial charge in [-0.25, -0.2) is 4.79 Å². The van der Waals surface area contributed by atoms with E-state index in [0.29, 0.717) is 17.8 Å². The van der Waals surface area contributed by atoms with Crippen molar-refractivity contribution in [2.24, 2.45) is 17.8 Å². The molecule has 0 aromatic heterocycles. The summed E-state index contributed by atoms with van der Waals surface area (Å²) >= 11 is 4.18. The molecule has 4 fully saturated rings. The summed E-state index contributed by atoms with van der Waals surface area (Å²) < 4.78 is 0. The number of hydrogen-bond acceptors (Lipinski definition) is 3. The van der Waals surface area contributed by atoms with Crippen LogP contribution in [0.5, 0.6) is 0 Å². The van der Waals surface area contributed by atoms with Crippen LogP contribution in [0.3, 0.4) is 0 Å². The van der Waals surface area contributed by atoms with Crippen molar-refractivity contribution in [1.29, 1.82) is 0 Å². The van der Waals surface area contributed by atoms with E-state index in [-0.39, 0.29) is 17.2 Å². The maximum atomic E-state index is 12.2. The summed E-state index contributed by atoms with van der Waals surface area (Å²) in [7, 11) is 0. The molecule has 112 valence electrons. The van der Waals surface area contributed by atoms with Crippen molar-refractivity contribution in [1.82, 2.24) is 4.90 Å². The Morgan fingerprint density at radius 1 is 1.20 bits per heavy atom. The van der Waals surface area contributed by atoms with Crippen molar-refractivity contribution in [3.05, 3.63) is 0 Å². The fourth-order valence-corrected chi connectivity index (χ4v) is 5.83. The molecule has 5 heteroatoms. The summed E-state index contributed by atoms with van der Waals surface area (Å²) in [6.45, 7) is 1.51. The molecule has 0 heterocycles. The number of hydrogen-bond donors (Lipinski definition) is 2. The Morgan fingerprint density at radius 3 is 1.95 bits per heavy atom. The standard InChI is InChI=1S/C15H23NO3S/c1-9(17)16(13(8-20)14(18)19)15-5-10-2-11(6-15)4-12(3-10)7-15/h10-13,20H,2-8H2,1H3,(H,18,19). The highest BCUT2D eigenvalue weighted by Crippen LogP contribution is 2.58. The lowest BCUT2D eigenvalue weighted by molar-refractivity contribution is -0.165. The molecule has 4 bridgehead atoms. The average Bonchev–Trinajstić information content (AvgIpc) is 2.32. The van der Waals surface area contributed by atoms with Crippen LogP contribution < -0.4 is 0 Å². The molecular formula is C15H23NO3S. The fourth-order valence-electron chi connectivity index (χ4n) is 5.51. The van der Waals surface area contributed by atoms with Gasteiger partial charge >= 0.3 is 5.97 Å². The molecule has 0 aromatic carbocycles. The smallest absolute Gasteiger partial charge is 0.327 e. The van der Waals surface area contributed by atoms with Crippen LogP contribution >= 0.6 is 12.6 Å². The van der Waals surface area contributed by atoms with E-state index >= 15 is 0 Å². The summed E-state index contributed by atoms with van der Waals surface area (Å²) in [6.07, 6.45) is 6.83. The SMILES string of the molecule is CC(=O)N(C(CS)C(=O)O)C12CC3CC(CC(C3)C1)C2. The van der Waals surface area contributed by atoms with Crippen LogP contribution in [0.25, 0.3) is 0 Å². The molecule has 4 rings (SSSR count). The molecule has 1 amide bonds. The fraction of sp³-hybridized carbons (Fsp3) is 0.867. The van der Waals surface area contributed by atoms with Crippen molar-refractivity contribution in [3.8, 4) is 0 Å². The van der Waals surface area contributed by atoms with Crippen molar-refractivity contribution < 1.29 is 14.7 Å². The number of rotatable bonds is 4. The van der Waals surface area contributed by atoms with E-state index in [2.05, 4.69) is 12.6 Å². The van der Waals surface area contributed by atoms with Gasteiger partial charge in [0.05, 0.1) is 0 Å². The van der Waals surface area contributed by atoms with Crippen molar-refractivity contribution >= 4 is 24.5 Å². The van der Waals surface area contributed by atoms with E-state index in [1.807, 2.05) is 0 Å². The molecule has 0 radical (unpaired) electrons. The van der Waals surface area contributed by atoms with Crippen LogP contribution in [0.2, 0.25) is 0 Å². The first-order valence-electron chi connectivity index (χ1n) is 7.59. The maximum Gasteiger partial charge on any atom is 0.327 e. The number of carboxylic acids is 1. The maximum absolute atomic E-state index is 12.2. The van der Waals surface area contributed by atoms with Gasteiger partial charge in [0.2, 0.25) is 5.91 Å². The first kappa shape index (κ1) is 14.2. The molecule has 4 aliphatic carbocycles. The van der Waals surface area contributed by atoms with Crippen LogP contribution in [0, 0.1) is 17.8 Å². The average molecular weight is 297 g/mol. The van der Waals surface area contributed by atoms with E-state index in [9.17, 15) is 14.7 Å². The van der Waals surface area contributed by atoms with Gasteiger partial charge in [-0.15, -0.1) is 0 Å². The first-order valence-corrected chi connectivity index (χ1v) is 8.22. The lowest BCUT2D eigenvalue weighted by atomic mass is 9.52. The Hall–Kier alpha value is -0.710. The predicted molar refractivity (Wildman–Crippen MR) is 78.7 cm³/mol. The largest absolute Gasteiger partial charge is 0.480 e. The quantitative estimate of drug-likeness (QED) is 0.782. The van der Waals surface area contributed by atoms with E-state index in [4.69, 9.17) is 0 Å². The summed E-state index contributed by atoms with van der Waals surface area (Å²) in [4.78, 5) is 25.4. The Kier molecular flexibility index (Phi) is 3.51. The van der Waals surface area contributed by atoms with Gasteiger partial charge in [0.25, 0.3) is 0 Å². The number of carbonyl (C=O) groups excluding carboxylic acids is 1. The lowest BCUT2D eigenvalue weighted by Crippen LogP contribution is -2.65. The number of nitrogens with zero attached hydrogens (tertiary/aromatic N) is 1. The first-order chi connectivity index (χ1) is 9.45. The topological polar surface area (TPSA) is 57.6 Å².